The van der Waals surface area contributed by atoms with Gasteiger partial charge in [0.1, 0.15) is 0 Å². The largest absolute Gasteiger partial charge is 0.297 e. The lowest BCUT2D eigenvalue weighted by Gasteiger charge is -2.38. The van der Waals surface area contributed by atoms with E-state index in [9.17, 15) is 0 Å². The Morgan fingerprint density at radius 1 is 0.935 bits per heavy atom. The molecule has 0 N–H and O–H groups in total. The molecule has 0 radical (unpaired) electrons. The van der Waals surface area contributed by atoms with Gasteiger partial charge >= 0.3 is 0 Å². The highest BCUT2D eigenvalue weighted by Gasteiger charge is 2.30. The fraction of sp³-hybridized carbons (Fsp3) is 0.400. The van der Waals surface area contributed by atoms with Crippen molar-refractivity contribution in [1.82, 2.24) is 30.0 Å². The minimum atomic E-state index is 0.0927. The fourth-order valence-electron chi connectivity index (χ4n) is 4.14. The van der Waals surface area contributed by atoms with Crippen molar-refractivity contribution in [2.45, 2.75) is 32.4 Å². The van der Waals surface area contributed by atoms with Crippen LogP contribution < -0.4 is 0 Å². The van der Waals surface area contributed by atoms with Gasteiger partial charge < -0.3 is 0 Å². The molecule has 3 aromatic rings. The predicted molar refractivity (Wildman–Crippen MR) is 124 cm³/mol. The summed E-state index contributed by atoms with van der Waals surface area (Å²) in [7, 11) is 0. The topological polar surface area (TPSA) is 50.1 Å². The molecule has 0 unspecified atom stereocenters. The van der Waals surface area contributed by atoms with Gasteiger partial charge in [-0.15, -0.1) is 5.10 Å². The fourth-order valence-corrected chi connectivity index (χ4v) is 4.14. The molecule has 1 aromatic heterocycles. The van der Waals surface area contributed by atoms with Crippen molar-refractivity contribution < 1.29 is 0 Å². The smallest absolute Gasteiger partial charge is 0.173 e. The summed E-state index contributed by atoms with van der Waals surface area (Å²) >= 11 is 0. The van der Waals surface area contributed by atoms with E-state index in [0.717, 1.165) is 57.9 Å². The summed E-state index contributed by atoms with van der Waals surface area (Å²) in [5, 5.41) is 12.8. The van der Waals surface area contributed by atoms with E-state index in [1.165, 1.54) is 11.1 Å². The Hall–Kier alpha value is -2.83. The second-order valence-electron chi connectivity index (χ2n) is 8.08. The van der Waals surface area contributed by atoms with Gasteiger partial charge in [0, 0.05) is 39.3 Å². The molecule has 2 aromatic carbocycles. The standard InChI is InChI=1S/C25H32N6/c1-2-3-17-31-25(26-27-28-31)24(23-14-8-5-9-15-23)30-20-18-29(19-21-30)16-10-13-22-11-6-4-7-12-22/h4-15,24H,2-3,16-21H2,1H3/b13-10+/t24-/m0/s1. The van der Waals surface area contributed by atoms with E-state index in [4.69, 9.17) is 0 Å². The van der Waals surface area contributed by atoms with E-state index in [1.54, 1.807) is 0 Å². The van der Waals surface area contributed by atoms with E-state index in [0.29, 0.717) is 0 Å². The van der Waals surface area contributed by atoms with Gasteiger partial charge in [-0.3, -0.25) is 9.80 Å². The Kier molecular flexibility index (Phi) is 7.58. The lowest BCUT2D eigenvalue weighted by atomic mass is 10.0. The van der Waals surface area contributed by atoms with Gasteiger partial charge in [0.2, 0.25) is 0 Å². The second-order valence-corrected chi connectivity index (χ2v) is 8.08. The summed E-state index contributed by atoms with van der Waals surface area (Å²) in [6.45, 7) is 8.13. The maximum Gasteiger partial charge on any atom is 0.173 e. The number of unbranched alkanes of at least 4 members (excludes halogenated alkanes) is 1. The zero-order valence-electron chi connectivity index (χ0n) is 18.3. The molecule has 1 aliphatic heterocycles. The molecule has 31 heavy (non-hydrogen) atoms. The maximum atomic E-state index is 4.46. The number of piperazine rings is 1. The maximum absolute atomic E-state index is 4.46. The quantitative estimate of drug-likeness (QED) is 0.530. The summed E-state index contributed by atoms with van der Waals surface area (Å²) in [5.41, 5.74) is 2.51. The molecule has 0 amide bonds. The van der Waals surface area contributed by atoms with Crippen LogP contribution in [0.25, 0.3) is 6.08 Å². The van der Waals surface area contributed by atoms with Crippen LogP contribution in [0.15, 0.2) is 66.7 Å². The molecule has 0 aliphatic carbocycles. The highest BCUT2D eigenvalue weighted by atomic mass is 15.6. The molecule has 0 bridgehead atoms. The number of nitrogens with zero attached hydrogens (tertiary/aromatic N) is 6. The van der Waals surface area contributed by atoms with Gasteiger partial charge in [0.05, 0.1) is 6.04 Å². The number of benzene rings is 2. The Morgan fingerprint density at radius 3 is 2.35 bits per heavy atom. The van der Waals surface area contributed by atoms with Crippen molar-refractivity contribution in [3.8, 4) is 0 Å². The molecule has 162 valence electrons. The van der Waals surface area contributed by atoms with Crippen LogP contribution in [0.1, 0.15) is 42.8 Å². The van der Waals surface area contributed by atoms with Gasteiger partial charge in [-0.1, -0.05) is 86.2 Å². The molecular weight excluding hydrogens is 384 g/mol. The van der Waals surface area contributed by atoms with E-state index < -0.39 is 0 Å². The molecule has 1 atom stereocenters. The van der Waals surface area contributed by atoms with Crippen LogP contribution >= 0.6 is 0 Å². The SMILES string of the molecule is CCCCn1nnnc1[C@H](c1ccccc1)N1CCN(C/C=C/c2ccccc2)CC1. The third-order valence-corrected chi connectivity index (χ3v) is 5.89. The minimum absolute atomic E-state index is 0.0927. The second kappa shape index (κ2) is 11.0. The molecular formula is C25H32N6. The molecule has 6 nitrogen and oxygen atoms in total. The summed E-state index contributed by atoms with van der Waals surface area (Å²) < 4.78 is 2.00. The summed E-state index contributed by atoms with van der Waals surface area (Å²) in [6, 6.07) is 21.2. The van der Waals surface area contributed by atoms with E-state index in [2.05, 4.69) is 105 Å². The first-order valence-electron chi connectivity index (χ1n) is 11.3. The Morgan fingerprint density at radius 2 is 1.65 bits per heavy atom. The molecule has 6 heteroatoms. The third-order valence-electron chi connectivity index (χ3n) is 5.89. The normalized spacial score (nSPS) is 16.7. The summed E-state index contributed by atoms with van der Waals surface area (Å²) in [6.07, 6.45) is 6.69. The highest BCUT2D eigenvalue weighted by molar-refractivity contribution is 5.48. The van der Waals surface area contributed by atoms with Crippen LogP contribution in [-0.4, -0.2) is 62.7 Å². The monoisotopic (exact) mass is 416 g/mol. The van der Waals surface area contributed by atoms with Gasteiger partial charge in [-0.2, -0.15) is 0 Å². The molecule has 4 rings (SSSR count). The van der Waals surface area contributed by atoms with Crippen LogP contribution in [-0.2, 0) is 6.54 Å². The van der Waals surface area contributed by atoms with E-state index in [1.807, 2.05) is 4.68 Å². The van der Waals surface area contributed by atoms with Gasteiger partial charge in [-0.05, 0) is 28.0 Å². The Balaban J connectivity index is 1.43. The summed E-state index contributed by atoms with van der Waals surface area (Å²) in [4.78, 5) is 5.04. The van der Waals surface area contributed by atoms with Crippen molar-refractivity contribution in [3.63, 3.8) is 0 Å². The number of tetrazole rings is 1. The van der Waals surface area contributed by atoms with Crippen LogP contribution in [0, 0.1) is 0 Å². The molecule has 0 saturated carbocycles. The molecule has 1 saturated heterocycles. The number of rotatable bonds is 9. The number of hydrogen-bond donors (Lipinski definition) is 0. The van der Waals surface area contributed by atoms with Crippen molar-refractivity contribution in [2.75, 3.05) is 32.7 Å². The van der Waals surface area contributed by atoms with Gasteiger partial charge in [-0.25, -0.2) is 4.68 Å². The zero-order valence-corrected chi connectivity index (χ0v) is 18.3. The Bertz CT molecular complexity index is 929. The van der Waals surface area contributed by atoms with E-state index in [-0.39, 0.29) is 6.04 Å². The van der Waals surface area contributed by atoms with E-state index >= 15 is 0 Å². The average molecular weight is 417 g/mol. The van der Waals surface area contributed by atoms with Crippen molar-refractivity contribution >= 4 is 6.08 Å². The van der Waals surface area contributed by atoms with Gasteiger partial charge in [0.15, 0.2) is 5.82 Å². The number of aromatic nitrogens is 4. The highest BCUT2D eigenvalue weighted by Crippen LogP contribution is 2.28. The van der Waals surface area contributed by atoms with Crippen LogP contribution in [0.4, 0.5) is 0 Å². The number of aryl methyl sites for hydroxylation is 1. The lowest BCUT2D eigenvalue weighted by Crippen LogP contribution is -2.48. The zero-order chi connectivity index (χ0) is 21.3. The average Bonchev–Trinajstić information content (AvgIpc) is 3.28. The molecule has 2 heterocycles. The molecule has 0 spiro atoms. The Labute approximate surface area is 185 Å². The number of hydrogen-bond acceptors (Lipinski definition) is 5. The van der Waals surface area contributed by atoms with Crippen molar-refractivity contribution in [3.05, 3.63) is 83.7 Å². The van der Waals surface area contributed by atoms with Gasteiger partial charge in [0.25, 0.3) is 0 Å². The lowest BCUT2D eigenvalue weighted by molar-refractivity contribution is 0.112. The minimum Gasteiger partial charge on any atom is -0.297 e. The predicted octanol–water partition coefficient (Wildman–Crippen LogP) is 3.89. The molecule has 1 aliphatic rings. The van der Waals surface area contributed by atoms with Crippen LogP contribution in [0.2, 0.25) is 0 Å². The van der Waals surface area contributed by atoms with Crippen molar-refractivity contribution in [1.29, 1.82) is 0 Å². The third kappa shape index (κ3) is 5.66. The first-order valence-corrected chi connectivity index (χ1v) is 11.3. The first-order chi connectivity index (χ1) is 15.3. The van der Waals surface area contributed by atoms with Crippen LogP contribution in [0.3, 0.4) is 0 Å². The van der Waals surface area contributed by atoms with Crippen molar-refractivity contribution in [2.24, 2.45) is 0 Å². The first kappa shape index (κ1) is 21.4. The summed E-state index contributed by atoms with van der Waals surface area (Å²) in [5.74, 6) is 0.956. The molecule has 1 fully saturated rings. The van der Waals surface area contributed by atoms with Crippen LogP contribution in [0.5, 0.6) is 0 Å².